The van der Waals surface area contributed by atoms with Crippen LogP contribution in [0.2, 0.25) is 0 Å². The van der Waals surface area contributed by atoms with Crippen LogP contribution in [0.15, 0.2) is 47.4 Å². The Bertz CT molecular complexity index is 871. The molecule has 0 heterocycles. The summed E-state index contributed by atoms with van der Waals surface area (Å²) in [6, 6.07) is 11.4. The molecule has 0 spiro atoms. The monoisotopic (exact) mass is 404 g/mol. The highest BCUT2D eigenvalue weighted by Gasteiger charge is 2.19. The molecule has 0 aliphatic carbocycles. The number of rotatable bonds is 9. The van der Waals surface area contributed by atoms with E-state index in [9.17, 15) is 19.7 Å². The molecule has 0 aliphatic rings. The summed E-state index contributed by atoms with van der Waals surface area (Å²) in [5.74, 6) is -0.315. The number of benzene rings is 2. The van der Waals surface area contributed by atoms with Crippen LogP contribution in [0.4, 0.5) is 5.69 Å². The van der Waals surface area contributed by atoms with Gasteiger partial charge in [0, 0.05) is 23.7 Å². The van der Waals surface area contributed by atoms with Crippen molar-refractivity contribution in [3.8, 4) is 5.75 Å². The number of thioether (sulfide) groups is 1. The van der Waals surface area contributed by atoms with Crippen LogP contribution in [0.3, 0.4) is 0 Å². The smallest absolute Gasteiger partial charge is 0.316 e. The average molecular weight is 404 g/mol. The van der Waals surface area contributed by atoms with Crippen LogP contribution in [-0.4, -0.2) is 36.3 Å². The first-order valence-electron chi connectivity index (χ1n) is 8.43. The maximum Gasteiger partial charge on any atom is 0.316 e. The summed E-state index contributed by atoms with van der Waals surface area (Å²) in [6.07, 6.45) is 0. The van der Waals surface area contributed by atoms with Gasteiger partial charge in [0.05, 0.1) is 29.3 Å². The molecule has 0 saturated carbocycles. The zero-order chi connectivity index (χ0) is 20.5. The van der Waals surface area contributed by atoms with E-state index in [1.54, 1.807) is 13.0 Å². The molecule has 0 bridgehead atoms. The average Bonchev–Trinajstić information content (AvgIpc) is 2.70. The van der Waals surface area contributed by atoms with Gasteiger partial charge in [-0.2, -0.15) is 0 Å². The van der Waals surface area contributed by atoms with Gasteiger partial charge in [-0.3, -0.25) is 19.7 Å². The number of nitrogens with one attached hydrogen (secondary N) is 1. The fraction of sp³-hybridized carbons (Fsp3) is 0.263. The number of amides is 1. The first-order valence-corrected chi connectivity index (χ1v) is 9.41. The van der Waals surface area contributed by atoms with Crippen LogP contribution in [-0.2, 0) is 16.1 Å². The van der Waals surface area contributed by atoms with Crippen molar-refractivity contribution in [2.75, 3.05) is 19.5 Å². The number of carbonyl (C=O) groups is 2. The molecule has 0 unspecified atom stereocenters. The number of nitro groups is 1. The number of hydrogen-bond acceptors (Lipinski definition) is 7. The number of hydrogen-bond donors (Lipinski definition) is 1. The van der Waals surface area contributed by atoms with Gasteiger partial charge in [0.25, 0.3) is 11.6 Å². The molecule has 0 aromatic heterocycles. The summed E-state index contributed by atoms with van der Waals surface area (Å²) in [5.41, 5.74) is 0.704. The largest absolute Gasteiger partial charge is 0.496 e. The quantitative estimate of drug-likeness (QED) is 0.296. The molecule has 148 valence electrons. The molecule has 1 amide bonds. The first-order chi connectivity index (χ1) is 13.5. The van der Waals surface area contributed by atoms with E-state index in [1.807, 2.05) is 18.2 Å². The molecule has 0 atom stereocenters. The Kier molecular flexibility index (Phi) is 7.82. The molecule has 0 aliphatic heterocycles. The number of methoxy groups -OCH3 is 1. The molecular formula is C19H20N2O6S. The fourth-order valence-corrected chi connectivity index (χ4v) is 3.19. The molecule has 8 nitrogen and oxygen atoms in total. The van der Waals surface area contributed by atoms with Gasteiger partial charge < -0.3 is 14.8 Å². The number of nitro benzene ring substituents is 1. The minimum Gasteiger partial charge on any atom is -0.496 e. The zero-order valence-electron chi connectivity index (χ0n) is 15.5. The number of esters is 1. The second kappa shape index (κ2) is 10.3. The van der Waals surface area contributed by atoms with Gasteiger partial charge in [0.2, 0.25) is 0 Å². The predicted octanol–water partition coefficient (Wildman–Crippen LogP) is 3.19. The number of ether oxygens (including phenoxy) is 2. The lowest BCUT2D eigenvalue weighted by atomic mass is 10.1. The van der Waals surface area contributed by atoms with Crippen LogP contribution < -0.4 is 10.1 Å². The summed E-state index contributed by atoms with van der Waals surface area (Å²) >= 11 is 0.995. The van der Waals surface area contributed by atoms with Gasteiger partial charge in [-0.25, -0.2) is 0 Å². The lowest BCUT2D eigenvalue weighted by Crippen LogP contribution is -2.23. The van der Waals surface area contributed by atoms with E-state index >= 15 is 0 Å². The molecular weight excluding hydrogens is 384 g/mol. The van der Waals surface area contributed by atoms with Crippen molar-refractivity contribution < 1.29 is 24.0 Å². The van der Waals surface area contributed by atoms with Crippen molar-refractivity contribution in [1.29, 1.82) is 0 Å². The minimum absolute atomic E-state index is 0.0476. The van der Waals surface area contributed by atoms with E-state index in [4.69, 9.17) is 9.47 Å². The van der Waals surface area contributed by atoms with Crippen LogP contribution in [0.5, 0.6) is 5.75 Å². The fourth-order valence-electron chi connectivity index (χ4n) is 2.39. The Hall–Kier alpha value is -3.07. The lowest BCUT2D eigenvalue weighted by Gasteiger charge is -2.10. The third-order valence-electron chi connectivity index (χ3n) is 3.70. The third-order valence-corrected chi connectivity index (χ3v) is 4.74. The van der Waals surface area contributed by atoms with Crippen molar-refractivity contribution in [2.45, 2.75) is 18.4 Å². The number of carbonyl (C=O) groups excluding carboxylic acids is 2. The maximum atomic E-state index is 12.4. The Labute approximate surface area is 166 Å². The summed E-state index contributed by atoms with van der Waals surface area (Å²) < 4.78 is 10.0. The second-order valence-corrected chi connectivity index (χ2v) is 6.55. The molecule has 2 rings (SSSR count). The van der Waals surface area contributed by atoms with E-state index in [0.29, 0.717) is 10.6 Å². The third kappa shape index (κ3) is 5.71. The molecule has 1 N–H and O–H groups in total. The van der Waals surface area contributed by atoms with Crippen molar-refractivity contribution in [3.63, 3.8) is 0 Å². The predicted molar refractivity (Wildman–Crippen MR) is 105 cm³/mol. The molecule has 2 aromatic carbocycles. The maximum absolute atomic E-state index is 12.4. The van der Waals surface area contributed by atoms with Crippen molar-refractivity contribution in [2.24, 2.45) is 0 Å². The summed E-state index contributed by atoms with van der Waals surface area (Å²) in [7, 11) is 1.54. The van der Waals surface area contributed by atoms with Gasteiger partial charge in [-0.15, -0.1) is 11.8 Å². The van der Waals surface area contributed by atoms with Crippen LogP contribution >= 0.6 is 11.8 Å². The minimum atomic E-state index is -0.579. The molecule has 9 heteroatoms. The van der Waals surface area contributed by atoms with Gasteiger partial charge in [0.15, 0.2) is 0 Å². The topological polar surface area (TPSA) is 108 Å². The van der Waals surface area contributed by atoms with E-state index < -0.39 is 16.8 Å². The Morgan fingerprint density at radius 1 is 1.21 bits per heavy atom. The van der Waals surface area contributed by atoms with Crippen LogP contribution in [0, 0.1) is 10.1 Å². The van der Waals surface area contributed by atoms with Crippen LogP contribution in [0.25, 0.3) is 0 Å². The molecule has 28 heavy (non-hydrogen) atoms. The Morgan fingerprint density at radius 3 is 2.64 bits per heavy atom. The van der Waals surface area contributed by atoms with Gasteiger partial charge >= 0.3 is 5.97 Å². The zero-order valence-corrected chi connectivity index (χ0v) is 16.3. The first kappa shape index (κ1) is 21.2. The lowest BCUT2D eigenvalue weighted by molar-refractivity contribution is -0.387. The second-order valence-electron chi connectivity index (χ2n) is 5.53. The van der Waals surface area contributed by atoms with Gasteiger partial charge in [-0.1, -0.05) is 18.2 Å². The summed E-state index contributed by atoms with van der Waals surface area (Å²) in [6.45, 7) is 2.15. The Morgan fingerprint density at radius 2 is 1.96 bits per heavy atom. The van der Waals surface area contributed by atoms with E-state index in [2.05, 4.69) is 5.32 Å². The summed E-state index contributed by atoms with van der Waals surface area (Å²) in [5, 5.41) is 14.1. The van der Waals surface area contributed by atoms with Crippen molar-refractivity contribution in [3.05, 3.63) is 63.7 Å². The van der Waals surface area contributed by atoms with Crippen molar-refractivity contribution >= 4 is 29.3 Å². The summed E-state index contributed by atoms with van der Waals surface area (Å²) in [4.78, 5) is 34.9. The van der Waals surface area contributed by atoms with E-state index in [1.165, 1.54) is 25.3 Å². The van der Waals surface area contributed by atoms with E-state index in [0.717, 1.165) is 17.3 Å². The van der Waals surface area contributed by atoms with E-state index in [-0.39, 0.29) is 30.2 Å². The normalized spacial score (nSPS) is 10.2. The number of para-hydroxylation sites is 1. The standard InChI is InChI=1S/C19H20N2O6S/c1-3-27-18(22)12-28-17-9-8-13(10-15(17)21(24)25)19(23)20-11-14-6-4-5-7-16(14)26-2/h4-10H,3,11-12H2,1-2H3,(H,20,23). The molecule has 0 saturated heterocycles. The number of nitrogens with zero attached hydrogens (tertiary/aromatic N) is 1. The highest BCUT2D eigenvalue weighted by Crippen LogP contribution is 2.30. The molecule has 0 fully saturated rings. The van der Waals surface area contributed by atoms with Gasteiger partial charge in [-0.05, 0) is 25.1 Å². The van der Waals surface area contributed by atoms with Crippen molar-refractivity contribution in [1.82, 2.24) is 5.32 Å². The van der Waals surface area contributed by atoms with Crippen LogP contribution in [0.1, 0.15) is 22.8 Å². The van der Waals surface area contributed by atoms with Gasteiger partial charge in [0.1, 0.15) is 5.75 Å². The molecule has 2 aromatic rings. The Balaban J connectivity index is 2.10. The SMILES string of the molecule is CCOC(=O)CSc1ccc(C(=O)NCc2ccccc2OC)cc1[N+](=O)[O-]. The highest BCUT2D eigenvalue weighted by atomic mass is 32.2. The molecule has 0 radical (unpaired) electrons. The highest BCUT2D eigenvalue weighted by molar-refractivity contribution is 8.00.